The molecule has 0 fully saturated rings. The number of halogens is 1. The monoisotopic (exact) mass is 374 g/mol. The average molecular weight is 375 g/mol. The number of aryl methyl sites for hydroxylation is 1. The first-order valence-corrected chi connectivity index (χ1v) is 9.43. The van der Waals surface area contributed by atoms with Gasteiger partial charge in [0.1, 0.15) is 5.00 Å². The van der Waals surface area contributed by atoms with Gasteiger partial charge in [-0.1, -0.05) is 30.2 Å². The molecule has 0 bridgehead atoms. The van der Waals surface area contributed by atoms with Crippen LogP contribution in [0.4, 0.5) is 5.00 Å². The predicted molar refractivity (Wildman–Crippen MR) is 103 cm³/mol. The lowest BCUT2D eigenvalue weighted by Crippen LogP contribution is -2.16. The summed E-state index contributed by atoms with van der Waals surface area (Å²) in [5.41, 5.74) is 7.95. The van der Waals surface area contributed by atoms with E-state index in [1.54, 1.807) is 18.2 Å². The smallest absolute Gasteiger partial charge is 0.251 e. The lowest BCUT2D eigenvalue weighted by atomic mass is 10.1. The Morgan fingerprint density at radius 2 is 1.84 bits per heavy atom. The zero-order valence-corrected chi connectivity index (χ0v) is 15.3. The van der Waals surface area contributed by atoms with Crippen molar-refractivity contribution in [3.05, 3.63) is 56.9 Å². The second-order valence-corrected chi connectivity index (χ2v) is 7.55. The minimum absolute atomic E-state index is 0.283. The van der Waals surface area contributed by atoms with Crippen molar-refractivity contribution >= 4 is 45.8 Å². The summed E-state index contributed by atoms with van der Waals surface area (Å²) in [5.74, 6) is -0.759. The van der Waals surface area contributed by atoms with Crippen molar-refractivity contribution in [1.82, 2.24) is 0 Å². The maximum Gasteiger partial charge on any atom is 0.251 e. The van der Waals surface area contributed by atoms with Gasteiger partial charge < -0.3 is 11.1 Å². The Morgan fingerprint density at radius 1 is 1.12 bits per heavy atom. The van der Waals surface area contributed by atoms with Crippen molar-refractivity contribution in [3.8, 4) is 0 Å². The van der Waals surface area contributed by atoms with Gasteiger partial charge in [-0.05, 0) is 55.0 Å². The van der Waals surface area contributed by atoms with Crippen molar-refractivity contribution in [2.75, 3.05) is 5.32 Å². The highest BCUT2D eigenvalue weighted by Gasteiger charge is 2.23. The van der Waals surface area contributed by atoms with Crippen molar-refractivity contribution in [2.45, 2.75) is 32.1 Å². The van der Waals surface area contributed by atoms with E-state index >= 15 is 0 Å². The highest BCUT2D eigenvalue weighted by molar-refractivity contribution is 7.17. The van der Waals surface area contributed by atoms with Crippen LogP contribution in [0.5, 0.6) is 0 Å². The van der Waals surface area contributed by atoms with Gasteiger partial charge in [-0.25, -0.2) is 0 Å². The van der Waals surface area contributed by atoms with Crippen molar-refractivity contribution in [1.29, 1.82) is 0 Å². The van der Waals surface area contributed by atoms with E-state index in [0.29, 0.717) is 15.6 Å². The molecule has 1 aliphatic rings. The maximum absolute atomic E-state index is 12.2. The quantitative estimate of drug-likeness (QED) is 0.614. The number of rotatable bonds is 4. The third-order valence-corrected chi connectivity index (χ3v) is 5.66. The number of nitrogens with two attached hydrogens (primary N) is 1. The fourth-order valence-corrected chi connectivity index (χ4v) is 4.41. The molecule has 1 heterocycles. The molecule has 0 spiro atoms. The van der Waals surface area contributed by atoms with E-state index in [4.69, 9.17) is 17.3 Å². The Hall–Kier alpha value is -2.11. The summed E-state index contributed by atoms with van der Waals surface area (Å²) in [6.45, 7) is 0. The van der Waals surface area contributed by atoms with Crippen molar-refractivity contribution < 1.29 is 9.59 Å². The largest absolute Gasteiger partial charge is 0.365 e. The second-order valence-electron chi connectivity index (χ2n) is 6.01. The third-order valence-electron chi connectivity index (χ3n) is 4.20. The minimum Gasteiger partial charge on any atom is -0.365 e. The van der Waals surface area contributed by atoms with Crippen LogP contribution in [0.2, 0.25) is 5.02 Å². The number of amides is 2. The number of hydrogen-bond donors (Lipinski definition) is 2. The van der Waals surface area contributed by atoms with Crippen LogP contribution in [-0.4, -0.2) is 11.8 Å². The van der Waals surface area contributed by atoms with Crippen LogP contribution in [0.15, 0.2) is 30.3 Å². The molecular weight excluding hydrogens is 356 g/mol. The van der Waals surface area contributed by atoms with E-state index < -0.39 is 5.91 Å². The van der Waals surface area contributed by atoms with Crippen molar-refractivity contribution in [3.63, 3.8) is 0 Å². The SMILES string of the molecule is NC(=O)c1c(NC(=O)/C=C/c2ccc(Cl)cc2)sc2c1CCCCC2. The Balaban J connectivity index is 1.79. The fraction of sp³-hybridized carbons (Fsp3) is 0.263. The van der Waals surface area contributed by atoms with Crippen LogP contribution in [-0.2, 0) is 17.6 Å². The molecule has 4 nitrogen and oxygen atoms in total. The van der Waals surface area contributed by atoms with E-state index in [-0.39, 0.29) is 5.91 Å². The normalized spacial score (nSPS) is 14.1. The third kappa shape index (κ3) is 4.30. The summed E-state index contributed by atoms with van der Waals surface area (Å²) in [5, 5.41) is 4.02. The maximum atomic E-state index is 12.2. The summed E-state index contributed by atoms with van der Waals surface area (Å²) in [6, 6.07) is 7.18. The number of carbonyl (C=O) groups excluding carboxylic acids is 2. The Bertz CT molecular complexity index is 825. The van der Waals surface area contributed by atoms with Crippen LogP contribution in [0.3, 0.4) is 0 Å². The van der Waals surface area contributed by atoms with Gasteiger partial charge >= 0.3 is 0 Å². The van der Waals surface area contributed by atoms with Gasteiger partial charge in [0.2, 0.25) is 5.91 Å². The standard InChI is InChI=1S/C19H19ClN2O2S/c20-13-9-6-12(7-10-13)8-11-16(23)22-19-17(18(21)24)14-4-2-1-3-5-15(14)25-19/h6-11H,1-5H2,(H2,21,24)(H,22,23)/b11-8+. The molecule has 6 heteroatoms. The van der Waals surface area contributed by atoms with Crippen LogP contribution in [0.25, 0.3) is 6.08 Å². The molecule has 1 aromatic heterocycles. The first kappa shape index (κ1) is 17.7. The van der Waals surface area contributed by atoms with Crippen LogP contribution in [0, 0.1) is 0 Å². The molecule has 25 heavy (non-hydrogen) atoms. The topological polar surface area (TPSA) is 72.2 Å². The van der Waals surface area contributed by atoms with E-state index in [9.17, 15) is 9.59 Å². The number of nitrogens with one attached hydrogen (secondary N) is 1. The van der Waals surface area contributed by atoms with E-state index in [1.807, 2.05) is 12.1 Å². The molecule has 130 valence electrons. The van der Waals surface area contributed by atoms with Gasteiger partial charge in [0, 0.05) is 16.0 Å². The number of hydrogen-bond acceptors (Lipinski definition) is 3. The Morgan fingerprint density at radius 3 is 2.56 bits per heavy atom. The van der Waals surface area contributed by atoms with Gasteiger partial charge in [-0.15, -0.1) is 11.3 Å². The highest BCUT2D eigenvalue weighted by Crippen LogP contribution is 2.37. The van der Waals surface area contributed by atoms with E-state index in [1.165, 1.54) is 22.3 Å². The van der Waals surface area contributed by atoms with Crippen LogP contribution < -0.4 is 11.1 Å². The highest BCUT2D eigenvalue weighted by atomic mass is 35.5. The molecule has 0 unspecified atom stereocenters. The number of anilines is 1. The molecule has 0 saturated carbocycles. The molecule has 3 N–H and O–H groups in total. The zero-order chi connectivity index (χ0) is 17.8. The zero-order valence-electron chi connectivity index (χ0n) is 13.7. The Labute approximate surface area is 155 Å². The molecular formula is C19H19ClN2O2S. The van der Waals surface area contributed by atoms with Gasteiger partial charge in [-0.3, -0.25) is 9.59 Å². The summed E-state index contributed by atoms with van der Waals surface area (Å²) in [7, 11) is 0. The summed E-state index contributed by atoms with van der Waals surface area (Å²) in [6.07, 6.45) is 8.25. The number of primary amides is 1. The minimum atomic E-state index is -0.476. The number of benzene rings is 1. The summed E-state index contributed by atoms with van der Waals surface area (Å²) in [4.78, 5) is 25.3. The average Bonchev–Trinajstić information content (AvgIpc) is 2.75. The first-order chi connectivity index (χ1) is 12.0. The second kappa shape index (κ2) is 7.85. The van der Waals surface area contributed by atoms with Gasteiger partial charge in [0.05, 0.1) is 5.56 Å². The van der Waals surface area contributed by atoms with Gasteiger partial charge in [-0.2, -0.15) is 0 Å². The number of fused-ring (bicyclic) bond motifs is 1. The lowest BCUT2D eigenvalue weighted by molar-refractivity contribution is -0.111. The number of thiophene rings is 1. The lowest BCUT2D eigenvalue weighted by Gasteiger charge is -2.04. The van der Waals surface area contributed by atoms with Gasteiger partial charge in [0.25, 0.3) is 5.91 Å². The molecule has 1 aliphatic carbocycles. The molecule has 3 rings (SSSR count). The predicted octanol–water partition coefficient (Wildman–Crippen LogP) is 4.42. The fourth-order valence-electron chi connectivity index (χ4n) is 2.99. The molecule has 2 amide bonds. The molecule has 0 aliphatic heterocycles. The molecule has 1 aromatic carbocycles. The van der Waals surface area contributed by atoms with E-state index in [0.717, 1.165) is 43.2 Å². The first-order valence-electron chi connectivity index (χ1n) is 8.23. The van der Waals surface area contributed by atoms with Crippen molar-refractivity contribution in [2.24, 2.45) is 5.73 Å². The number of carbonyl (C=O) groups is 2. The van der Waals surface area contributed by atoms with Crippen LogP contribution in [0.1, 0.15) is 45.6 Å². The van der Waals surface area contributed by atoms with Crippen LogP contribution >= 0.6 is 22.9 Å². The van der Waals surface area contributed by atoms with Gasteiger partial charge in [0.15, 0.2) is 0 Å². The Kier molecular flexibility index (Phi) is 5.56. The molecule has 2 aromatic rings. The van der Waals surface area contributed by atoms with E-state index in [2.05, 4.69) is 5.32 Å². The summed E-state index contributed by atoms with van der Waals surface area (Å²) >= 11 is 7.32. The molecule has 0 atom stereocenters. The summed E-state index contributed by atoms with van der Waals surface area (Å²) < 4.78 is 0. The molecule has 0 saturated heterocycles. The molecule has 0 radical (unpaired) electrons.